The summed E-state index contributed by atoms with van der Waals surface area (Å²) < 4.78 is 22.3. The van der Waals surface area contributed by atoms with Crippen molar-refractivity contribution in [2.75, 3.05) is 12.0 Å². The quantitative estimate of drug-likeness (QED) is 0.815. The second-order valence-electron chi connectivity index (χ2n) is 5.86. The molecule has 2 aromatic carbocycles. The predicted molar refractivity (Wildman–Crippen MR) is 100 cm³/mol. The van der Waals surface area contributed by atoms with Crippen molar-refractivity contribution in [3.63, 3.8) is 0 Å². The molecule has 0 aliphatic heterocycles. The fourth-order valence-electron chi connectivity index (χ4n) is 2.35. The monoisotopic (exact) mass is 370 g/mol. The van der Waals surface area contributed by atoms with Gasteiger partial charge in [0.05, 0.1) is 17.8 Å². The van der Waals surface area contributed by atoms with Crippen LogP contribution in [0, 0.1) is 0 Å². The van der Waals surface area contributed by atoms with Crippen molar-refractivity contribution in [1.82, 2.24) is 5.32 Å². The molecule has 0 aliphatic rings. The Kier molecular flexibility index (Phi) is 7.20. The molecule has 0 bridgehead atoms. The second kappa shape index (κ2) is 8.46. The Hall–Kier alpha value is -1.63. The third-order valence-corrected chi connectivity index (χ3v) is 4.75. The summed E-state index contributed by atoms with van der Waals surface area (Å²) in [5.74, 6) is -0.430. The summed E-state index contributed by atoms with van der Waals surface area (Å²) in [6.07, 6.45) is 1.25. The molecule has 0 fully saturated rings. The van der Waals surface area contributed by atoms with E-state index in [2.05, 4.69) is 5.32 Å². The minimum Gasteiger partial charge on any atom is -0.348 e. The first-order chi connectivity index (χ1) is 10.8. The number of halogens is 1. The third-order valence-electron chi connectivity index (χ3n) is 3.77. The number of hydrogen-bond acceptors (Lipinski definition) is 4. The van der Waals surface area contributed by atoms with E-state index in [0.29, 0.717) is 0 Å². The SMILES string of the molecule is CC(NC(=O)C(N)CCS(C)(=O)=O)c1ccc2ccccc2c1.Cl. The Balaban J connectivity index is 0.00000288. The summed E-state index contributed by atoms with van der Waals surface area (Å²) in [5, 5.41) is 5.08. The van der Waals surface area contributed by atoms with Crippen LogP contribution >= 0.6 is 12.4 Å². The first-order valence-electron chi connectivity index (χ1n) is 7.48. The van der Waals surface area contributed by atoms with Gasteiger partial charge >= 0.3 is 0 Å². The zero-order valence-corrected chi connectivity index (χ0v) is 15.4. The van der Waals surface area contributed by atoms with Crippen molar-refractivity contribution in [3.05, 3.63) is 48.0 Å². The molecular formula is C17H23ClN2O3S. The Morgan fingerprint density at radius 1 is 1.17 bits per heavy atom. The molecule has 0 radical (unpaired) electrons. The van der Waals surface area contributed by atoms with Crippen LogP contribution in [0.25, 0.3) is 10.8 Å². The molecule has 7 heteroatoms. The third kappa shape index (κ3) is 5.78. The highest BCUT2D eigenvalue weighted by Crippen LogP contribution is 2.20. The molecule has 5 nitrogen and oxygen atoms in total. The molecule has 0 aromatic heterocycles. The van der Waals surface area contributed by atoms with E-state index >= 15 is 0 Å². The number of nitrogens with one attached hydrogen (secondary N) is 1. The lowest BCUT2D eigenvalue weighted by Crippen LogP contribution is -2.42. The van der Waals surface area contributed by atoms with E-state index in [0.717, 1.165) is 22.6 Å². The van der Waals surface area contributed by atoms with Crippen molar-refractivity contribution in [1.29, 1.82) is 0 Å². The molecule has 0 saturated heterocycles. The van der Waals surface area contributed by atoms with Gasteiger partial charge in [-0.15, -0.1) is 12.4 Å². The van der Waals surface area contributed by atoms with Gasteiger partial charge in [0.25, 0.3) is 0 Å². The van der Waals surface area contributed by atoms with Gasteiger partial charge in [0.15, 0.2) is 0 Å². The number of sulfone groups is 1. The normalized spacial score (nSPS) is 13.8. The molecule has 0 saturated carbocycles. The van der Waals surface area contributed by atoms with Gasteiger partial charge in [0.2, 0.25) is 5.91 Å². The summed E-state index contributed by atoms with van der Waals surface area (Å²) in [6.45, 7) is 1.88. The van der Waals surface area contributed by atoms with E-state index in [1.54, 1.807) is 0 Å². The Bertz CT molecular complexity index is 808. The van der Waals surface area contributed by atoms with E-state index in [1.165, 1.54) is 0 Å². The molecule has 1 amide bonds. The predicted octanol–water partition coefficient (Wildman–Crippen LogP) is 2.20. The largest absolute Gasteiger partial charge is 0.348 e. The van der Waals surface area contributed by atoms with Gasteiger partial charge in [-0.3, -0.25) is 4.79 Å². The van der Waals surface area contributed by atoms with Crippen molar-refractivity contribution < 1.29 is 13.2 Å². The number of amides is 1. The first kappa shape index (κ1) is 20.4. The van der Waals surface area contributed by atoms with Crippen LogP contribution in [-0.4, -0.2) is 32.4 Å². The first-order valence-corrected chi connectivity index (χ1v) is 9.55. The number of nitrogens with two attached hydrogens (primary N) is 1. The molecule has 0 aliphatic carbocycles. The number of carbonyl (C=O) groups is 1. The topological polar surface area (TPSA) is 89.3 Å². The van der Waals surface area contributed by atoms with Crippen LogP contribution in [0.4, 0.5) is 0 Å². The van der Waals surface area contributed by atoms with E-state index in [4.69, 9.17) is 5.73 Å². The lowest BCUT2D eigenvalue weighted by Gasteiger charge is -2.18. The Morgan fingerprint density at radius 2 is 1.79 bits per heavy atom. The average Bonchev–Trinajstić information content (AvgIpc) is 2.51. The summed E-state index contributed by atoms with van der Waals surface area (Å²) in [6, 6.07) is 13.0. The molecule has 2 rings (SSSR count). The van der Waals surface area contributed by atoms with Crippen LogP contribution in [0.1, 0.15) is 24.9 Å². The summed E-state index contributed by atoms with van der Waals surface area (Å²) >= 11 is 0. The molecule has 24 heavy (non-hydrogen) atoms. The van der Waals surface area contributed by atoms with Gasteiger partial charge in [0.1, 0.15) is 9.84 Å². The summed E-state index contributed by atoms with van der Waals surface area (Å²) in [7, 11) is -3.12. The molecule has 132 valence electrons. The van der Waals surface area contributed by atoms with Crippen LogP contribution in [0.15, 0.2) is 42.5 Å². The zero-order chi connectivity index (χ0) is 17.0. The highest BCUT2D eigenvalue weighted by atomic mass is 35.5. The lowest BCUT2D eigenvalue weighted by atomic mass is 10.0. The van der Waals surface area contributed by atoms with Crippen LogP contribution in [-0.2, 0) is 14.6 Å². The van der Waals surface area contributed by atoms with Crippen LogP contribution in [0.5, 0.6) is 0 Å². The standard InChI is InChI=1S/C17H22N2O3S.ClH/c1-12(19-17(20)16(18)9-10-23(2,21)22)14-8-7-13-5-3-4-6-15(13)11-14;/h3-8,11-12,16H,9-10,18H2,1-2H3,(H,19,20);1H. The number of hydrogen-bond donors (Lipinski definition) is 2. The smallest absolute Gasteiger partial charge is 0.237 e. The highest BCUT2D eigenvalue weighted by molar-refractivity contribution is 7.90. The molecule has 3 N–H and O–H groups in total. The van der Waals surface area contributed by atoms with Crippen molar-refractivity contribution in [2.24, 2.45) is 5.73 Å². The second-order valence-corrected chi connectivity index (χ2v) is 8.12. The van der Waals surface area contributed by atoms with Crippen molar-refractivity contribution >= 4 is 38.9 Å². The highest BCUT2D eigenvalue weighted by Gasteiger charge is 2.18. The van der Waals surface area contributed by atoms with E-state index in [9.17, 15) is 13.2 Å². The molecular weight excluding hydrogens is 348 g/mol. The maximum atomic E-state index is 12.1. The number of carbonyl (C=O) groups excluding carboxylic acids is 1. The van der Waals surface area contributed by atoms with Gasteiger partial charge in [-0.25, -0.2) is 8.42 Å². The summed E-state index contributed by atoms with van der Waals surface area (Å²) in [4.78, 5) is 12.1. The van der Waals surface area contributed by atoms with E-state index in [1.807, 2.05) is 49.4 Å². The van der Waals surface area contributed by atoms with Gasteiger partial charge in [-0.1, -0.05) is 36.4 Å². The van der Waals surface area contributed by atoms with Crippen molar-refractivity contribution in [2.45, 2.75) is 25.4 Å². The average molecular weight is 371 g/mol. The van der Waals surface area contributed by atoms with Crippen LogP contribution < -0.4 is 11.1 Å². The maximum Gasteiger partial charge on any atom is 0.237 e. The van der Waals surface area contributed by atoms with Gasteiger partial charge < -0.3 is 11.1 Å². The fourth-order valence-corrected chi connectivity index (χ4v) is 3.04. The molecule has 2 aromatic rings. The molecule has 0 heterocycles. The number of rotatable bonds is 6. The molecule has 2 atom stereocenters. The molecule has 2 unspecified atom stereocenters. The minimum absolute atomic E-state index is 0. The van der Waals surface area contributed by atoms with Gasteiger partial charge in [-0.05, 0) is 35.7 Å². The Labute approximate surface area is 148 Å². The van der Waals surface area contributed by atoms with Crippen LogP contribution in [0.2, 0.25) is 0 Å². The van der Waals surface area contributed by atoms with Crippen molar-refractivity contribution in [3.8, 4) is 0 Å². The van der Waals surface area contributed by atoms with Crippen LogP contribution in [0.3, 0.4) is 0 Å². The fraction of sp³-hybridized carbons (Fsp3) is 0.353. The minimum atomic E-state index is -3.12. The van der Waals surface area contributed by atoms with Gasteiger partial charge in [-0.2, -0.15) is 0 Å². The number of fused-ring (bicyclic) bond motifs is 1. The zero-order valence-electron chi connectivity index (χ0n) is 13.7. The van der Waals surface area contributed by atoms with Gasteiger partial charge in [0, 0.05) is 6.26 Å². The van der Waals surface area contributed by atoms with E-state index < -0.39 is 15.9 Å². The Morgan fingerprint density at radius 3 is 2.42 bits per heavy atom. The lowest BCUT2D eigenvalue weighted by molar-refractivity contribution is -0.123. The maximum absolute atomic E-state index is 12.1. The summed E-state index contributed by atoms with van der Waals surface area (Å²) in [5.41, 5.74) is 6.74. The van der Waals surface area contributed by atoms with E-state index in [-0.39, 0.29) is 36.5 Å². The number of benzene rings is 2. The molecule has 0 spiro atoms.